The van der Waals surface area contributed by atoms with Gasteiger partial charge in [0, 0.05) is 0 Å². The van der Waals surface area contributed by atoms with E-state index in [1.54, 1.807) is 0 Å². The SMILES string of the molecule is O=P(O)(O)[C@H](F)[C@@H]1O[C@H](CO)[C@@H](O)[C@H](O)[C@H]1O. The van der Waals surface area contributed by atoms with Gasteiger partial charge in [-0.2, -0.15) is 0 Å². The van der Waals surface area contributed by atoms with Gasteiger partial charge in [-0.1, -0.05) is 0 Å². The van der Waals surface area contributed by atoms with Gasteiger partial charge in [0.05, 0.1) is 6.61 Å². The largest absolute Gasteiger partial charge is 0.394 e. The van der Waals surface area contributed by atoms with Gasteiger partial charge in [0.25, 0.3) is 0 Å². The van der Waals surface area contributed by atoms with Crippen molar-refractivity contribution < 1.29 is 43.9 Å². The average molecular weight is 276 g/mol. The molecule has 0 aliphatic carbocycles. The molecule has 0 aromatic carbocycles. The average Bonchev–Trinajstić information content (AvgIpc) is 2.24. The van der Waals surface area contributed by atoms with E-state index in [-0.39, 0.29) is 0 Å². The van der Waals surface area contributed by atoms with Crippen LogP contribution in [0.1, 0.15) is 0 Å². The lowest BCUT2D eigenvalue weighted by Crippen LogP contribution is -2.60. The fraction of sp³-hybridized carbons (Fsp3) is 1.00. The monoisotopic (exact) mass is 276 g/mol. The number of aliphatic hydroxyl groups is 4. The van der Waals surface area contributed by atoms with Gasteiger partial charge in [0.2, 0.25) is 5.91 Å². The summed E-state index contributed by atoms with van der Waals surface area (Å²) in [5, 5.41) is 36.7. The molecule has 0 aromatic rings. The molecule has 17 heavy (non-hydrogen) atoms. The predicted molar refractivity (Wildman–Crippen MR) is 50.7 cm³/mol. The molecule has 8 nitrogen and oxygen atoms in total. The van der Waals surface area contributed by atoms with Crippen LogP contribution in [0.5, 0.6) is 0 Å². The van der Waals surface area contributed by atoms with Crippen LogP contribution in [-0.2, 0) is 9.30 Å². The van der Waals surface area contributed by atoms with Crippen LogP contribution < -0.4 is 0 Å². The Kier molecular flexibility index (Phi) is 4.61. The summed E-state index contributed by atoms with van der Waals surface area (Å²) in [6.45, 7) is -0.796. The van der Waals surface area contributed by atoms with E-state index >= 15 is 0 Å². The number of hydrogen-bond acceptors (Lipinski definition) is 6. The minimum atomic E-state index is -5.17. The van der Waals surface area contributed by atoms with E-state index in [2.05, 4.69) is 4.74 Å². The molecule has 1 saturated heterocycles. The van der Waals surface area contributed by atoms with Crippen molar-refractivity contribution in [2.24, 2.45) is 0 Å². The quantitative estimate of drug-likeness (QED) is 0.305. The highest BCUT2D eigenvalue weighted by atomic mass is 31.2. The second-order valence-electron chi connectivity index (χ2n) is 3.76. The number of alkyl halides is 1. The Bertz CT molecular complexity index is 306. The molecule has 0 saturated carbocycles. The standard InChI is InChI=1S/C7H14FO8P/c8-7(17(13,14)15)6-5(12)4(11)3(10)2(1-9)16-6/h2-7,9-12H,1H2,(H2,13,14,15)/t2-,3-,4+,5-,6-,7+/m1/s1. The summed E-state index contributed by atoms with van der Waals surface area (Å²) in [4.78, 5) is 17.2. The molecule has 1 rings (SSSR count). The molecule has 1 aliphatic heterocycles. The van der Waals surface area contributed by atoms with Crippen molar-refractivity contribution in [3.63, 3.8) is 0 Å². The number of ether oxygens (including phenoxy) is 1. The van der Waals surface area contributed by atoms with Gasteiger partial charge in [0.1, 0.15) is 30.5 Å². The summed E-state index contributed by atoms with van der Waals surface area (Å²) in [6, 6.07) is 0. The number of hydrogen-bond donors (Lipinski definition) is 6. The molecule has 10 heteroatoms. The lowest BCUT2D eigenvalue weighted by molar-refractivity contribution is -0.236. The zero-order valence-electron chi connectivity index (χ0n) is 8.50. The Morgan fingerprint density at radius 3 is 2.12 bits per heavy atom. The topological polar surface area (TPSA) is 148 Å². The smallest absolute Gasteiger partial charge is 0.362 e. The van der Waals surface area contributed by atoms with Crippen LogP contribution in [-0.4, -0.2) is 73.3 Å². The summed E-state index contributed by atoms with van der Waals surface area (Å²) < 4.78 is 28.7. The van der Waals surface area contributed by atoms with Gasteiger partial charge in [-0.3, -0.25) is 4.57 Å². The zero-order valence-corrected chi connectivity index (χ0v) is 9.39. The number of aliphatic hydroxyl groups excluding tert-OH is 4. The van der Waals surface area contributed by atoms with Crippen LogP contribution in [0.15, 0.2) is 0 Å². The second kappa shape index (κ2) is 5.25. The molecular formula is C7H14FO8P. The van der Waals surface area contributed by atoms with Gasteiger partial charge in [-0.25, -0.2) is 4.39 Å². The molecule has 1 heterocycles. The Balaban J connectivity index is 2.89. The summed E-state index contributed by atoms with van der Waals surface area (Å²) >= 11 is 0. The summed E-state index contributed by atoms with van der Waals surface area (Å²) in [5.74, 6) is -2.85. The maximum Gasteiger partial charge on any atom is 0.362 e. The van der Waals surface area contributed by atoms with E-state index in [9.17, 15) is 24.3 Å². The van der Waals surface area contributed by atoms with E-state index in [0.717, 1.165) is 0 Å². The van der Waals surface area contributed by atoms with Crippen molar-refractivity contribution in [1.29, 1.82) is 0 Å². The van der Waals surface area contributed by atoms with Crippen LogP contribution >= 0.6 is 7.60 Å². The van der Waals surface area contributed by atoms with Crippen LogP contribution in [0.2, 0.25) is 0 Å². The van der Waals surface area contributed by atoms with Gasteiger partial charge in [0.15, 0.2) is 0 Å². The maximum absolute atomic E-state index is 13.3. The van der Waals surface area contributed by atoms with Crippen LogP contribution in [0.4, 0.5) is 4.39 Å². The van der Waals surface area contributed by atoms with Gasteiger partial charge in [-0.15, -0.1) is 0 Å². The van der Waals surface area contributed by atoms with E-state index < -0.39 is 50.6 Å². The Morgan fingerprint density at radius 1 is 1.18 bits per heavy atom. The predicted octanol–water partition coefficient (Wildman–Crippen LogP) is -2.70. The molecule has 0 bridgehead atoms. The highest BCUT2D eigenvalue weighted by Crippen LogP contribution is 2.46. The highest BCUT2D eigenvalue weighted by molar-refractivity contribution is 7.52. The first-order chi connectivity index (χ1) is 7.70. The first-order valence-corrected chi connectivity index (χ1v) is 6.38. The number of rotatable bonds is 3. The third-order valence-corrected chi connectivity index (χ3v) is 3.46. The molecule has 102 valence electrons. The normalized spacial score (nSPS) is 41.2. The fourth-order valence-corrected chi connectivity index (χ4v) is 2.18. The summed E-state index contributed by atoms with van der Waals surface area (Å²) in [5.41, 5.74) is 0. The lowest BCUT2D eigenvalue weighted by atomic mass is 9.96. The first-order valence-electron chi connectivity index (χ1n) is 4.70. The summed E-state index contributed by atoms with van der Waals surface area (Å²) in [6.07, 6.45) is -8.99. The van der Waals surface area contributed by atoms with Crippen molar-refractivity contribution in [2.45, 2.75) is 36.4 Å². The molecule has 6 atom stereocenters. The molecule has 0 spiro atoms. The Hall–Kier alpha value is -0.120. The Labute approximate surface area is 95.4 Å². The molecule has 0 unspecified atom stereocenters. The van der Waals surface area contributed by atoms with Crippen LogP contribution in [0.25, 0.3) is 0 Å². The van der Waals surface area contributed by atoms with Gasteiger partial charge < -0.3 is 34.9 Å². The number of halogens is 1. The van der Waals surface area contributed by atoms with Crippen LogP contribution in [0.3, 0.4) is 0 Å². The third kappa shape index (κ3) is 3.01. The molecule has 0 aromatic heterocycles. The molecular weight excluding hydrogens is 262 g/mol. The van der Waals surface area contributed by atoms with E-state index in [0.29, 0.717) is 0 Å². The van der Waals surface area contributed by atoms with E-state index in [4.69, 9.17) is 14.9 Å². The molecule has 0 radical (unpaired) electrons. The van der Waals surface area contributed by atoms with Crippen molar-refractivity contribution in [3.05, 3.63) is 0 Å². The van der Waals surface area contributed by atoms with Crippen LogP contribution in [0, 0.1) is 0 Å². The van der Waals surface area contributed by atoms with E-state index in [1.807, 2.05) is 0 Å². The summed E-state index contributed by atoms with van der Waals surface area (Å²) in [7, 11) is -5.17. The van der Waals surface area contributed by atoms with Crippen molar-refractivity contribution in [1.82, 2.24) is 0 Å². The molecule has 1 aliphatic rings. The van der Waals surface area contributed by atoms with E-state index in [1.165, 1.54) is 0 Å². The minimum absolute atomic E-state index is 0.796. The third-order valence-electron chi connectivity index (χ3n) is 2.52. The Morgan fingerprint density at radius 2 is 1.71 bits per heavy atom. The van der Waals surface area contributed by atoms with Crippen molar-refractivity contribution in [2.75, 3.05) is 6.61 Å². The second-order valence-corrected chi connectivity index (χ2v) is 5.43. The van der Waals surface area contributed by atoms with Crippen molar-refractivity contribution in [3.8, 4) is 0 Å². The van der Waals surface area contributed by atoms with Gasteiger partial charge in [-0.05, 0) is 0 Å². The molecule has 6 N–H and O–H groups in total. The highest BCUT2D eigenvalue weighted by Gasteiger charge is 2.51. The lowest BCUT2D eigenvalue weighted by Gasteiger charge is -2.40. The minimum Gasteiger partial charge on any atom is -0.394 e. The first kappa shape index (κ1) is 14.9. The maximum atomic E-state index is 13.3. The van der Waals surface area contributed by atoms with Crippen molar-refractivity contribution >= 4 is 7.60 Å². The molecule has 0 amide bonds. The molecule has 1 fully saturated rings. The zero-order chi connectivity index (χ0) is 13.4. The fourth-order valence-electron chi connectivity index (χ4n) is 1.55. The van der Waals surface area contributed by atoms with Gasteiger partial charge >= 0.3 is 7.60 Å².